The summed E-state index contributed by atoms with van der Waals surface area (Å²) in [4.78, 5) is 7.06. The molecule has 23 heavy (non-hydrogen) atoms. The van der Waals surface area contributed by atoms with Crippen molar-refractivity contribution < 1.29 is 9.13 Å². The van der Waals surface area contributed by atoms with Crippen LogP contribution in [-0.4, -0.2) is 35.6 Å². The van der Waals surface area contributed by atoms with Gasteiger partial charge >= 0.3 is 0 Å². The standard InChI is InChI=1S/C19H21FN2O/c20-16-5-7-17(8-6-16)23-18-9-11-22(13-18)12-15-4-3-14-2-1-10-21-19(14)15/h1-2,5-8,10,15,18H,3-4,9,11-13H2/t15?,18-/m0/s1. The van der Waals surface area contributed by atoms with Gasteiger partial charge in [-0.15, -0.1) is 0 Å². The van der Waals surface area contributed by atoms with Gasteiger partial charge in [0.2, 0.25) is 0 Å². The number of hydrogen-bond donors (Lipinski definition) is 0. The van der Waals surface area contributed by atoms with Crippen molar-refractivity contribution in [1.82, 2.24) is 9.88 Å². The van der Waals surface area contributed by atoms with Crippen molar-refractivity contribution in [3.63, 3.8) is 0 Å². The Kier molecular flexibility index (Phi) is 4.00. The Labute approximate surface area is 136 Å². The zero-order valence-electron chi connectivity index (χ0n) is 13.1. The van der Waals surface area contributed by atoms with E-state index in [9.17, 15) is 4.39 Å². The highest BCUT2D eigenvalue weighted by molar-refractivity contribution is 5.29. The first-order chi connectivity index (χ1) is 11.3. The number of pyridine rings is 1. The lowest BCUT2D eigenvalue weighted by molar-refractivity contribution is 0.197. The normalized spacial score (nSPS) is 23.9. The zero-order valence-corrected chi connectivity index (χ0v) is 13.1. The number of likely N-dealkylation sites (tertiary alicyclic amines) is 1. The molecule has 2 heterocycles. The quantitative estimate of drug-likeness (QED) is 0.865. The number of hydrogen-bond acceptors (Lipinski definition) is 3. The highest BCUT2D eigenvalue weighted by Crippen LogP contribution is 2.32. The molecule has 1 aliphatic heterocycles. The summed E-state index contributed by atoms with van der Waals surface area (Å²) in [5.41, 5.74) is 2.70. The molecule has 4 heteroatoms. The van der Waals surface area contributed by atoms with Crippen molar-refractivity contribution in [2.24, 2.45) is 0 Å². The SMILES string of the molecule is Fc1ccc(O[C@H]2CCN(CC3CCc4cccnc43)C2)cc1. The van der Waals surface area contributed by atoms with Gasteiger partial charge in [-0.05, 0) is 55.2 Å². The van der Waals surface area contributed by atoms with Crippen molar-refractivity contribution in [1.29, 1.82) is 0 Å². The summed E-state index contributed by atoms with van der Waals surface area (Å²) in [5, 5.41) is 0. The van der Waals surface area contributed by atoms with Gasteiger partial charge in [-0.2, -0.15) is 0 Å². The molecule has 120 valence electrons. The van der Waals surface area contributed by atoms with Crippen LogP contribution in [0.15, 0.2) is 42.6 Å². The first kappa shape index (κ1) is 14.6. The van der Waals surface area contributed by atoms with Crippen molar-refractivity contribution in [2.45, 2.75) is 31.3 Å². The van der Waals surface area contributed by atoms with Crippen LogP contribution < -0.4 is 4.74 Å². The van der Waals surface area contributed by atoms with E-state index in [-0.39, 0.29) is 11.9 Å². The molecular formula is C19H21FN2O. The largest absolute Gasteiger partial charge is 0.489 e. The Morgan fingerprint density at radius 3 is 2.91 bits per heavy atom. The molecule has 0 saturated carbocycles. The molecule has 2 atom stereocenters. The molecule has 1 aromatic heterocycles. The van der Waals surface area contributed by atoms with Crippen molar-refractivity contribution in [2.75, 3.05) is 19.6 Å². The maximum absolute atomic E-state index is 12.9. The van der Waals surface area contributed by atoms with Gasteiger partial charge in [0.05, 0.1) is 0 Å². The average molecular weight is 312 g/mol. The summed E-state index contributed by atoms with van der Waals surface area (Å²) < 4.78 is 18.9. The van der Waals surface area contributed by atoms with Gasteiger partial charge in [0, 0.05) is 37.4 Å². The fraction of sp³-hybridized carbons (Fsp3) is 0.421. The summed E-state index contributed by atoms with van der Waals surface area (Å²) in [6.45, 7) is 3.06. The van der Waals surface area contributed by atoms with E-state index in [4.69, 9.17) is 4.74 Å². The number of ether oxygens (including phenoxy) is 1. The Balaban J connectivity index is 1.33. The Morgan fingerprint density at radius 1 is 1.17 bits per heavy atom. The molecule has 0 bridgehead atoms. The predicted octanol–water partition coefficient (Wildman–Crippen LogP) is 3.40. The molecule has 1 saturated heterocycles. The number of halogens is 1. The lowest BCUT2D eigenvalue weighted by Gasteiger charge is -2.20. The van der Waals surface area contributed by atoms with Crippen molar-refractivity contribution >= 4 is 0 Å². The second kappa shape index (κ2) is 6.28. The Bertz CT molecular complexity index is 673. The number of aromatic nitrogens is 1. The van der Waals surface area contributed by atoms with Crippen LogP contribution in [0.25, 0.3) is 0 Å². The summed E-state index contributed by atoms with van der Waals surface area (Å²) in [6, 6.07) is 10.5. The average Bonchev–Trinajstić information content (AvgIpc) is 3.18. The smallest absolute Gasteiger partial charge is 0.123 e. The maximum atomic E-state index is 12.9. The Hall–Kier alpha value is -1.94. The third kappa shape index (κ3) is 3.22. The summed E-state index contributed by atoms with van der Waals surface area (Å²) >= 11 is 0. The minimum atomic E-state index is -0.224. The summed E-state index contributed by atoms with van der Waals surface area (Å²) in [7, 11) is 0. The maximum Gasteiger partial charge on any atom is 0.123 e. The molecule has 1 aromatic carbocycles. The number of rotatable bonds is 4. The van der Waals surface area contributed by atoms with Gasteiger partial charge in [-0.25, -0.2) is 4.39 Å². The second-order valence-electron chi connectivity index (χ2n) is 6.53. The van der Waals surface area contributed by atoms with Gasteiger partial charge in [-0.3, -0.25) is 9.88 Å². The van der Waals surface area contributed by atoms with Gasteiger partial charge in [-0.1, -0.05) is 6.07 Å². The third-order valence-corrected chi connectivity index (χ3v) is 4.90. The van der Waals surface area contributed by atoms with Crippen LogP contribution in [-0.2, 0) is 6.42 Å². The molecule has 0 N–H and O–H groups in total. The predicted molar refractivity (Wildman–Crippen MR) is 87.2 cm³/mol. The van der Waals surface area contributed by atoms with E-state index in [1.807, 2.05) is 12.3 Å². The topological polar surface area (TPSA) is 25.4 Å². The fourth-order valence-electron chi connectivity index (χ4n) is 3.75. The van der Waals surface area contributed by atoms with Crippen LogP contribution in [0.1, 0.15) is 30.0 Å². The van der Waals surface area contributed by atoms with Crippen LogP contribution in [0, 0.1) is 5.82 Å². The van der Waals surface area contributed by atoms with E-state index in [0.717, 1.165) is 38.2 Å². The first-order valence-corrected chi connectivity index (χ1v) is 8.36. The fourth-order valence-corrected chi connectivity index (χ4v) is 3.75. The molecule has 2 aliphatic rings. The molecule has 0 amide bonds. The number of aryl methyl sites for hydroxylation is 1. The van der Waals surface area contributed by atoms with E-state index in [1.165, 1.54) is 29.8 Å². The first-order valence-electron chi connectivity index (χ1n) is 8.36. The van der Waals surface area contributed by atoms with Crippen LogP contribution in [0.3, 0.4) is 0 Å². The lowest BCUT2D eigenvalue weighted by atomic mass is 10.1. The molecule has 2 aromatic rings. The van der Waals surface area contributed by atoms with Gasteiger partial charge in [0.1, 0.15) is 17.7 Å². The molecule has 4 rings (SSSR count). The number of nitrogens with zero attached hydrogens (tertiary/aromatic N) is 2. The molecule has 0 spiro atoms. The van der Waals surface area contributed by atoms with Crippen LogP contribution >= 0.6 is 0 Å². The van der Waals surface area contributed by atoms with Gasteiger partial charge < -0.3 is 4.74 Å². The van der Waals surface area contributed by atoms with E-state index in [2.05, 4.69) is 16.0 Å². The number of fused-ring (bicyclic) bond motifs is 1. The summed E-state index contributed by atoms with van der Waals surface area (Å²) in [5.74, 6) is 1.08. The van der Waals surface area contributed by atoms with Gasteiger partial charge in [0.15, 0.2) is 0 Å². The second-order valence-corrected chi connectivity index (χ2v) is 6.53. The van der Waals surface area contributed by atoms with Crippen LogP contribution in [0.2, 0.25) is 0 Å². The number of benzene rings is 1. The van der Waals surface area contributed by atoms with E-state index in [1.54, 1.807) is 12.1 Å². The highest BCUT2D eigenvalue weighted by atomic mass is 19.1. The van der Waals surface area contributed by atoms with Crippen LogP contribution in [0.4, 0.5) is 4.39 Å². The molecule has 3 nitrogen and oxygen atoms in total. The molecule has 0 radical (unpaired) electrons. The van der Waals surface area contributed by atoms with Crippen molar-refractivity contribution in [3.8, 4) is 5.75 Å². The zero-order chi connectivity index (χ0) is 15.6. The minimum Gasteiger partial charge on any atom is -0.489 e. The Morgan fingerprint density at radius 2 is 2.04 bits per heavy atom. The van der Waals surface area contributed by atoms with E-state index in [0.29, 0.717) is 5.92 Å². The molecule has 1 unspecified atom stereocenters. The van der Waals surface area contributed by atoms with E-state index < -0.39 is 0 Å². The monoisotopic (exact) mass is 312 g/mol. The van der Waals surface area contributed by atoms with Crippen molar-refractivity contribution in [3.05, 3.63) is 59.7 Å². The van der Waals surface area contributed by atoms with Crippen LogP contribution in [0.5, 0.6) is 5.75 Å². The molecule has 1 fully saturated rings. The lowest BCUT2D eigenvalue weighted by Crippen LogP contribution is -2.28. The molecular weight excluding hydrogens is 291 g/mol. The van der Waals surface area contributed by atoms with Gasteiger partial charge in [0.25, 0.3) is 0 Å². The van der Waals surface area contributed by atoms with E-state index >= 15 is 0 Å². The third-order valence-electron chi connectivity index (χ3n) is 4.90. The minimum absolute atomic E-state index is 0.199. The summed E-state index contributed by atoms with van der Waals surface area (Å²) in [6.07, 6.45) is 5.48. The molecule has 1 aliphatic carbocycles. The highest BCUT2D eigenvalue weighted by Gasteiger charge is 2.30.